The maximum atomic E-state index is 11.7. The number of nitrogen functional groups attached to an aromatic ring is 1. The number of aromatic nitrogens is 2. The van der Waals surface area contributed by atoms with Crippen LogP contribution in [0.15, 0.2) is 22.9 Å². The molecular weight excluding hydrogens is 244 g/mol. The van der Waals surface area contributed by atoms with Crippen LogP contribution in [-0.2, 0) is 0 Å². The van der Waals surface area contributed by atoms with Crippen LogP contribution in [0.5, 0.6) is 0 Å². The topological polar surface area (TPSA) is 94.0 Å². The summed E-state index contributed by atoms with van der Waals surface area (Å²) in [6.07, 6.45) is 1.33. The first kappa shape index (κ1) is 11.4. The number of anilines is 2. The first-order valence-electron chi connectivity index (χ1n) is 4.72. The number of hydrogen-bond acceptors (Lipinski definition) is 5. The number of pyridine rings is 1. The number of hydrogen-bond donors (Lipinski definition) is 2. The van der Waals surface area contributed by atoms with Crippen molar-refractivity contribution in [2.75, 3.05) is 11.1 Å². The molecule has 88 valence electrons. The molecule has 0 bridgehead atoms. The Hall–Kier alpha value is -2.08. The van der Waals surface area contributed by atoms with Gasteiger partial charge in [-0.3, -0.25) is 10.1 Å². The number of carbonyl (C=O) groups is 1. The number of nitrogens with one attached hydrogen (secondary N) is 1. The van der Waals surface area contributed by atoms with Gasteiger partial charge in [-0.2, -0.15) is 0 Å². The monoisotopic (exact) mass is 252 g/mol. The number of carbonyl (C=O) groups excluding carboxylic acids is 1. The summed E-state index contributed by atoms with van der Waals surface area (Å²) >= 11 is 5.76. The van der Waals surface area contributed by atoms with E-state index in [1.165, 1.54) is 12.3 Å². The van der Waals surface area contributed by atoms with E-state index in [0.717, 1.165) is 0 Å². The fraction of sp³-hybridized carbons (Fsp3) is 0.100. The van der Waals surface area contributed by atoms with Crippen LogP contribution in [-0.4, -0.2) is 16.0 Å². The number of nitrogens with two attached hydrogens (primary N) is 1. The normalized spacial score (nSPS) is 10.2. The summed E-state index contributed by atoms with van der Waals surface area (Å²) in [7, 11) is 0. The molecule has 2 rings (SSSR count). The molecule has 0 unspecified atom stereocenters. The molecular formula is C10H9ClN4O2. The third-order valence-corrected chi connectivity index (χ3v) is 2.30. The molecule has 0 atom stereocenters. The van der Waals surface area contributed by atoms with E-state index in [0.29, 0.717) is 11.3 Å². The summed E-state index contributed by atoms with van der Waals surface area (Å²) in [6, 6.07) is 3.03. The number of aryl methyl sites for hydroxylation is 1. The van der Waals surface area contributed by atoms with Gasteiger partial charge in [0.05, 0.1) is 16.3 Å². The third-order valence-electron chi connectivity index (χ3n) is 2.00. The van der Waals surface area contributed by atoms with Gasteiger partial charge in [0.1, 0.15) is 5.82 Å². The molecule has 1 amide bonds. The third kappa shape index (κ3) is 2.54. The van der Waals surface area contributed by atoms with Crippen molar-refractivity contribution in [3.05, 3.63) is 34.6 Å². The van der Waals surface area contributed by atoms with Gasteiger partial charge in [-0.25, -0.2) is 4.98 Å². The van der Waals surface area contributed by atoms with Crippen LogP contribution in [0.4, 0.5) is 11.7 Å². The smallest absolute Gasteiger partial charge is 0.259 e. The number of nitrogens with zero attached hydrogens (tertiary/aromatic N) is 2. The SMILES string of the molecule is Cc1cc(NC(=O)c2cnc(N)c(Cl)c2)on1. The maximum Gasteiger partial charge on any atom is 0.259 e. The molecule has 17 heavy (non-hydrogen) atoms. The maximum absolute atomic E-state index is 11.7. The average Bonchev–Trinajstić information content (AvgIpc) is 2.68. The highest BCUT2D eigenvalue weighted by Crippen LogP contribution is 2.18. The minimum absolute atomic E-state index is 0.179. The zero-order valence-electron chi connectivity index (χ0n) is 8.90. The van der Waals surface area contributed by atoms with Gasteiger partial charge in [0.2, 0.25) is 5.88 Å². The Morgan fingerprint density at radius 3 is 2.88 bits per heavy atom. The van der Waals surface area contributed by atoms with E-state index in [-0.39, 0.29) is 16.7 Å². The number of halogens is 1. The lowest BCUT2D eigenvalue weighted by molar-refractivity contribution is 0.102. The van der Waals surface area contributed by atoms with E-state index in [1.807, 2.05) is 0 Å². The van der Waals surface area contributed by atoms with Crippen molar-refractivity contribution in [3.63, 3.8) is 0 Å². The van der Waals surface area contributed by atoms with Gasteiger partial charge in [-0.15, -0.1) is 0 Å². The molecule has 0 spiro atoms. The fourth-order valence-corrected chi connectivity index (χ4v) is 1.35. The molecule has 0 aromatic carbocycles. The van der Waals surface area contributed by atoms with Crippen molar-refractivity contribution >= 4 is 29.2 Å². The summed E-state index contributed by atoms with van der Waals surface area (Å²) in [5.41, 5.74) is 6.41. The van der Waals surface area contributed by atoms with Gasteiger partial charge < -0.3 is 10.3 Å². The molecule has 7 heteroatoms. The van der Waals surface area contributed by atoms with Gasteiger partial charge in [0, 0.05) is 12.3 Å². The molecule has 0 aliphatic carbocycles. The molecule has 0 aliphatic heterocycles. The molecule has 2 heterocycles. The predicted octanol–water partition coefficient (Wildman–Crippen LogP) is 1.87. The summed E-state index contributed by atoms with van der Waals surface area (Å²) < 4.78 is 4.85. The molecule has 2 aromatic rings. The van der Waals surface area contributed by atoms with Gasteiger partial charge in [0.15, 0.2) is 0 Å². The van der Waals surface area contributed by atoms with E-state index in [2.05, 4.69) is 15.5 Å². The molecule has 0 saturated heterocycles. The van der Waals surface area contributed by atoms with Crippen LogP contribution >= 0.6 is 11.6 Å². The lowest BCUT2D eigenvalue weighted by Crippen LogP contribution is -2.12. The van der Waals surface area contributed by atoms with E-state index >= 15 is 0 Å². The number of rotatable bonds is 2. The Balaban J connectivity index is 2.17. The first-order chi connectivity index (χ1) is 8.06. The summed E-state index contributed by atoms with van der Waals surface area (Å²) in [4.78, 5) is 15.5. The lowest BCUT2D eigenvalue weighted by Gasteiger charge is -2.02. The van der Waals surface area contributed by atoms with Crippen molar-refractivity contribution in [1.29, 1.82) is 0 Å². The Kier molecular flexibility index (Phi) is 2.97. The molecule has 0 radical (unpaired) electrons. The van der Waals surface area contributed by atoms with Crippen LogP contribution < -0.4 is 11.1 Å². The minimum atomic E-state index is -0.393. The van der Waals surface area contributed by atoms with Crippen LogP contribution in [0.2, 0.25) is 5.02 Å². The largest absolute Gasteiger partial charge is 0.382 e. The van der Waals surface area contributed by atoms with Gasteiger partial charge in [0.25, 0.3) is 5.91 Å². The Morgan fingerprint density at radius 2 is 2.29 bits per heavy atom. The zero-order chi connectivity index (χ0) is 12.4. The fourth-order valence-electron chi connectivity index (χ4n) is 1.18. The highest BCUT2D eigenvalue weighted by molar-refractivity contribution is 6.33. The van der Waals surface area contributed by atoms with Crippen molar-refractivity contribution < 1.29 is 9.32 Å². The van der Waals surface area contributed by atoms with Crippen molar-refractivity contribution in [2.24, 2.45) is 0 Å². The second-order valence-corrected chi connectivity index (χ2v) is 3.78. The summed E-state index contributed by atoms with van der Waals surface area (Å²) in [5.74, 6) is 0.0507. The highest BCUT2D eigenvalue weighted by Gasteiger charge is 2.11. The predicted molar refractivity (Wildman–Crippen MR) is 62.9 cm³/mol. The van der Waals surface area contributed by atoms with Crippen molar-refractivity contribution in [3.8, 4) is 0 Å². The van der Waals surface area contributed by atoms with E-state index in [4.69, 9.17) is 21.9 Å². The molecule has 0 fully saturated rings. The Labute approximate surface area is 102 Å². The van der Waals surface area contributed by atoms with Crippen LogP contribution in [0.25, 0.3) is 0 Å². The molecule has 3 N–H and O–H groups in total. The summed E-state index contributed by atoms with van der Waals surface area (Å²) in [5, 5.41) is 6.39. The lowest BCUT2D eigenvalue weighted by atomic mass is 10.2. The second kappa shape index (κ2) is 4.42. The quantitative estimate of drug-likeness (QED) is 0.851. The van der Waals surface area contributed by atoms with Crippen LogP contribution in [0, 0.1) is 6.92 Å². The second-order valence-electron chi connectivity index (χ2n) is 3.38. The van der Waals surface area contributed by atoms with Crippen LogP contribution in [0.3, 0.4) is 0 Å². The first-order valence-corrected chi connectivity index (χ1v) is 5.10. The van der Waals surface area contributed by atoms with Crippen molar-refractivity contribution in [2.45, 2.75) is 6.92 Å². The van der Waals surface area contributed by atoms with Crippen molar-refractivity contribution in [1.82, 2.24) is 10.1 Å². The zero-order valence-corrected chi connectivity index (χ0v) is 9.65. The van der Waals surface area contributed by atoms with E-state index < -0.39 is 5.91 Å². The van der Waals surface area contributed by atoms with E-state index in [1.54, 1.807) is 13.0 Å². The Bertz CT molecular complexity index is 567. The minimum Gasteiger partial charge on any atom is -0.382 e. The average molecular weight is 253 g/mol. The molecule has 6 nitrogen and oxygen atoms in total. The molecule has 0 aliphatic rings. The summed E-state index contributed by atoms with van der Waals surface area (Å²) in [6.45, 7) is 1.75. The van der Waals surface area contributed by atoms with E-state index in [9.17, 15) is 4.79 Å². The standard InChI is InChI=1S/C10H9ClN4O2/c1-5-2-8(17-15-5)14-10(16)6-3-7(11)9(12)13-4-6/h2-4H,1H3,(H2,12,13)(H,14,16). The van der Waals surface area contributed by atoms with Crippen LogP contribution in [0.1, 0.15) is 16.1 Å². The molecule has 0 saturated carbocycles. The number of amides is 1. The highest BCUT2D eigenvalue weighted by atomic mass is 35.5. The molecule has 2 aromatic heterocycles. The van der Waals surface area contributed by atoms with Gasteiger partial charge in [-0.05, 0) is 13.0 Å². The van der Waals surface area contributed by atoms with Gasteiger partial charge >= 0.3 is 0 Å². The van der Waals surface area contributed by atoms with Gasteiger partial charge in [-0.1, -0.05) is 16.8 Å². The Morgan fingerprint density at radius 1 is 1.53 bits per heavy atom.